The summed E-state index contributed by atoms with van der Waals surface area (Å²) in [6.07, 6.45) is 1.87. The van der Waals surface area contributed by atoms with Crippen LogP contribution in [-0.2, 0) is 11.4 Å². The number of ether oxygens (including phenoxy) is 1. The third-order valence-corrected chi connectivity index (χ3v) is 5.57. The average Bonchev–Trinajstić information content (AvgIpc) is 3.09. The fourth-order valence-electron chi connectivity index (χ4n) is 2.98. The minimum absolute atomic E-state index is 0.131. The van der Waals surface area contributed by atoms with Gasteiger partial charge in [0.05, 0.1) is 10.6 Å². The Bertz CT molecular complexity index is 1120. The van der Waals surface area contributed by atoms with E-state index in [1.165, 1.54) is 11.8 Å². The third-order valence-electron chi connectivity index (χ3n) is 4.66. The molecule has 0 radical (unpaired) electrons. The largest absolute Gasteiger partial charge is 0.489 e. The molecule has 4 rings (SSSR count). The number of amides is 1. The predicted octanol–water partition coefficient (Wildman–Crippen LogP) is 5.77. The Labute approximate surface area is 180 Å². The second kappa shape index (κ2) is 9.01. The second-order valence-corrected chi connectivity index (χ2v) is 8.15. The van der Waals surface area contributed by atoms with Crippen LogP contribution in [-0.4, -0.2) is 11.1 Å². The highest BCUT2D eigenvalue weighted by molar-refractivity contribution is 8.18. The van der Waals surface area contributed by atoms with Gasteiger partial charge in [-0.15, -0.1) is 0 Å². The van der Waals surface area contributed by atoms with Crippen molar-refractivity contribution in [3.63, 3.8) is 0 Å². The van der Waals surface area contributed by atoms with Crippen LogP contribution in [0.25, 0.3) is 6.08 Å². The topological polar surface area (TPSA) is 50.7 Å². The fourth-order valence-corrected chi connectivity index (χ4v) is 3.82. The summed E-state index contributed by atoms with van der Waals surface area (Å²) in [7, 11) is 0. The van der Waals surface area contributed by atoms with Crippen LogP contribution in [0.4, 0.5) is 5.69 Å². The second-order valence-electron chi connectivity index (χ2n) is 7.11. The number of nitrogens with zero attached hydrogens (tertiary/aromatic N) is 1. The Morgan fingerprint density at radius 1 is 1.00 bits per heavy atom. The van der Waals surface area contributed by atoms with E-state index in [1.54, 1.807) is 0 Å². The molecule has 30 heavy (non-hydrogen) atoms. The van der Waals surface area contributed by atoms with Gasteiger partial charge in [-0.3, -0.25) is 4.79 Å². The summed E-state index contributed by atoms with van der Waals surface area (Å²) in [5.41, 5.74) is 5.15. The molecule has 0 spiro atoms. The van der Waals surface area contributed by atoms with Gasteiger partial charge in [-0.2, -0.15) is 0 Å². The highest BCUT2D eigenvalue weighted by Gasteiger charge is 2.24. The molecule has 3 aromatic rings. The summed E-state index contributed by atoms with van der Waals surface area (Å²) in [4.78, 5) is 17.6. The van der Waals surface area contributed by atoms with E-state index in [2.05, 4.69) is 16.4 Å². The molecular formula is C25H22N2O2S. The molecule has 0 aromatic heterocycles. The van der Waals surface area contributed by atoms with E-state index >= 15 is 0 Å². The molecule has 0 unspecified atom stereocenters. The van der Waals surface area contributed by atoms with E-state index in [4.69, 9.17) is 4.74 Å². The van der Waals surface area contributed by atoms with Crippen LogP contribution in [0.1, 0.15) is 22.3 Å². The van der Waals surface area contributed by atoms with Gasteiger partial charge < -0.3 is 10.1 Å². The van der Waals surface area contributed by atoms with E-state index in [1.807, 2.05) is 86.7 Å². The number of aryl methyl sites for hydroxylation is 2. The zero-order valence-corrected chi connectivity index (χ0v) is 17.7. The number of nitrogens with one attached hydrogen (secondary N) is 1. The van der Waals surface area contributed by atoms with Crippen molar-refractivity contribution in [3.05, 3.63) is 100.0 Å². The molecule has 0 saturated carbocycles. The monoisotopic (exact) mass is 414 g/mol. The lowest BCUT2D eigenvalue weighted by Crippen LogP contribution is -2.19. The first-order valence-corrected chi connectivity index (χ1v) is 10.5. The zero-order chi connectivity index (χ0) is 20.9. The highest BCUT2D eigenvalue weighted by atomic mass is 32.2. The van der Waals surface area contributed by atoms with Crippen LogP contribution < -0.4 is 10.1 Å². The molecule has 1 amide bonds. The van der Waals surface area contributed by atoms with Crippen molar-refractivity contribution in [1.82, 2.24) is 5.32 Å². The van der Waals surface area contributed by atoms with Crippen LogP contribution in [0.15, 0.2) is 82.7 Å². The van der Waals surface area contributed by atoms with Crippen molar-refractivity contribution in [2.75, 3.05) is 0 Å². The Balaban J connectivity index is 1.43. The lowest BCUT2D eigenvalue weighted by atomic mass is 10.1. The summed E-state index contributed by atoms with van der Waals surface area (Å²) in [6.45, 7) is 4.57. The quantitative estimate of drug-likeness (QED) is 0.539. The number of thioether (sulfide) groups is 1. The van der Waals surface area contributed by atoms with Crippen LogP contribution in [0.5, 0.6) is 5.75 Å². The van der Waals surface area contributed by atoms with Crippen molar-refractivity contribution in [2.45, 2.75) is 20.5 Å². The fraction of sp³-hybridized carbons (Fsp3) is 0.120. The molecule has 1 aliphatic rings. The zero-order valence-electron chi connectivity index (χ0n) is 16.9. The SMILES string of the molecule is Cc1ccc(C)c(N=C2NC(=O)/C(=C\c3ccc(OCc4ccccc4)cc3)S2)c1. The number of benzene rings is 3. The molecular weight excluding hydrogens is 392 g/mol. The minimum atomic E-state index is -0.131. The van der Waals surface area contributed by atoms with E-state index in [0.717, 1.165) is 33.7 Å². The van der Waals surface area contributed by atoms with Gasteiger partial charge in [0.1, 0.15) is 12.4 Å². The highest BCUT2D eigenvalue weighted by Crippen LogP contribution is 2.29. The van der Waals surface area contributed by atoms with Crippen molar-refractivity contribution < 1.29 is 9.53 Å². The Morgan fingerprint density at radius 3 is 2.53 bits per heavy atom. The first-order valence-electron chi connectivity index (χ1n) is 9.70. The summed E-state index contributed by atoms with van der Waals surface area (Å²) < 4.78 is 5.82. The summed E-state index contributed by atoms with van der Waals surface area (Å²) in [5, 5.41) is 3.45. The number of carbonyl (C=O) groups is 1. The molecule has 1 heterocycles. The standard InChI is InChI=1S/C25H22N2O2S/c1-17-8-9-18(2)22(14-17)26-25-27-24(28)23(30-25)15-19-10-12-21(13-11-19)29-16-20-6-4-3-5-7-20/h3-15H,16H2,1-2H3,(H,26,27,28)/b23-15+. The number of rotatable bonds is 5. The van der Waals surface area contributed by atoms with Crippen LogP contribution in [0, 0.1) is 13.8 Å². The molecule has 1 N–H and O–H groups in total. The maximum Gasteiger partial charge on any atom is 0.264 e. The van der Waals surface area contributed by atoms with Gasteiger partial charge >= 0.3 is 0 Å². The molecule has 0 bridgehead atoms. The first kappa shape index (κ1) is 20.0. The molecule has 4 nitrogen and oxygen atoms in total. The van der Waals surface area contributed by atoms with Crippen LogP contribution in [0.2, 0.25) is 0 Å². The minimum Gasteiger partial charge on any atom is -0.489 e. The van der Waals surface area contributed by atoms with E-state index < -0.39 is 0 Å². The third kappa shape index (κ3) is 4.99. The van der Waals surface area contributed by atoms with Gasteiger partial charge in [0.15, 0.2) is 5.17 Å². The number of carbonyl (C=O) groups excluding carboxylic acids is 1. The smallest absolute Gasteiger partial charge is 0.264 e. The molecule has 0 aliphatic carbocycles. The normalized spacial score (nSPS) is 16.1. The van der Waals surface area contributed by atoms with Crippen LogP contribution >= 0.6 is 11.8 Å². The molecule has 1 aliphatic heterocycles. The van der Waals surface area contributed by atoms with E-state index in [0.29, 0.717) is 16.7 Å². The number of hydrogen-bond donors (Lipinski definition) is 1. The van der Waals surface area contributed by atoms with Gasteiger partial charge in [0.2, 0.25) is 0 Å². The first-order chi connectivity index (χ1) is 14.6. The number of hydrogen-bond acceptors (Lipinski definition) is 4. The van der Waals surface area contributed by atoms with Crippen molar-refractivity contribution in [3.8, 4) is 5.75 Å². The molecule has 0 atom stereocenters. The van der Waals surface area contributed by atoms with Gasteiger partial charge in [-0.05, 0) is 72.1 Å². The van der Waals surface area contributed by atoms with E-state index in [-0.39, 0.29) is 5.91 Å². The lowest BCUT2D eigenvalue weighted by Gasteiger charge is -2.06. The lowest BCUT2D eigenvalue weighted by molar-refractivity contribution is -0.115. The molecule has 5 heteroatoms. The molecule has 150 valence electrons. The summed E-state index contributed by atoms with van der Waals surface area (Å²) in [6, 6.07) is 23.9. The van der Waals surface area contributed by atoms with Crippen molar-refractivity contribution in [2.24, 2.45) is 4.99 Å². The summed E-state index contributed by atoms with van der Waals surface area (Å²) in [5.74, 6) is 0.662. The molecule has 1 fully saturated rings. The number of aliphatic imine (C=N–C) groups is 1. The van der Waals surface area contributed by atoms with Crippen LogP contribution in [0.3, 0.4) is 0 Å². The molecule has 3 aromatic carbocycles. The van der Waals surface area contributed by atoms with Gasteiger partial charge in [-0.25, -0.2) is 4.99 Å². The summed E-state index contributed by atoms with van der Waals surface area (Å²) >= 11 is 1.35. The van der Waals surface area contributed by atoms with Gasteiger partial charge in [-0.1, -0.05) is 54.6 Å². The Morgan fingerprint density at radius 2 is 1.77 bits per heavy atom. The maximum atomic E-state index is 12.4. The van der Waals surface area contributed by atoms with Crippen molar-refractivity contribution in [1.29, 1.82) is 0 Å². The molecule has 1 saturated heterocycles. The maximum absolute atomic E-state index is 12.4. The van der Waals surface area contributed by atoms with Crippen molar-refractivity contribution >= 4 is 34.6 Å². The number of amidine groups is 1. The Kier molecular flexibility index (Phi) is 6.00. The Hall–Kier alpha value is -3.31. The van der Waals surface area contributed by atoms with Gasteiger partial charge in [0, 0.05) is 0 Å². The van der Waals surface area contributed by atoms with E-state index in [9.17, 15) is 4.79 Å². The van der Waals surface area contributed by atoms with Gasteiger partial charge in [0.25, 0.3) is 5.91 Å². The predicted molar refractivity (Wildman–Crippen MR) is 124 cm³/mol. The average molecular weight is 415 g/mol.